The monoisotopic (exact) mass is 280 g/mol. The lowest BCUT2D eigenvalue weighted by atomic mass is 10.1. The summed E-state index contributed by atoms with van der Waals surface area (Å²) in [5.74, 6) is 0.553. The highest BCUT2D eigenvalue weighted by molar-refractivity contribution is 6.29. The molecular weight excluding hydrogens is 271 g/mol. The Morgan fingerprint density at radius 3 is 2.72 bits per heavy atom. The molecule has 0 aliphatic rings. The van der Waals surface area contributed by atoms with Crippen LogP contribution in [0.4, 0.5) is 5.82 Å². The fraction of sp³-hybridized carbons (Fsp3) is 0.0769. The molecule has 1 aromatic heterocycles. The second-order valence-corrected chi connectivity index (χ2v) is 4.29. The highest BCUT2D eigenvalue weighted by atomic mass is 35.5. The number of carbonyl (C=O) groups excluding carboxylic acids is 1. The highest BCUT2D eigenvalue weighted by Gasteiger charge is 2.07. The van der Waals surface area contributed by atoms with E-state index in [1.54, 1.807) is 36.4 Å². The molecule has 18 heavy (non-hydrogen) atoms. The molecule has 0 radical (unpaired) electrons. The standard InChI is InChI=1S/C13H10Cl2N2O/c14-8-9-3-1-4-10(7-9)13(18)17-12-6-2-5-11(15)16-12/h1-7H,8H2,(H,16,17,18). The molecule has 0 bridgehead atoms. The van der Waals surface area contributed by atoms with Gasteiger partial charge in [-0.3, -0.25) is 4.79 Å². The average molecular weight is 281 g/mol. The number of benzene rings is 1. The minimum Gasteiger partial charge on any atom is -0.307 e. The van der Waals surface area contributed by atoms with Crippen LogP contribution < -0.4 is 5.32 Å². The van der Waals surface area contributed by atoms with Crippen LogP contribution in [0.3, 0.4) is 0 Å². The van der Waals surface area contributed by atoms with Crippen molar-refractivity contribution < 1.29 is 4.79 Å². The first kappa shape index (κ1) is 12.9. The minimum absolute atomic E-state index is 0.239. The van der Waals surface area contributed by atoms with Crippen LogP contribution >= 0.6 is 23.2 Å². The Morgan fingerprint density at radius 2 is 2.00 bits per heavy atom. The molecule has 5 heteroatoms. The Bertz CT molecular complexity index is 572. The number of halogens is 2. The van der Waals surface area contributed by atoms with Crippen LogP contribution in [0, 0.1) is 0 Å². The predicted octanol–water partition coefficient (Wildman–Crippen LogP) is 3.73. The number of carbonyl (C=O) groups is 1. The molecule has 2 rings (SSSR count). The summed E-state index contributed by atoms with van der Waals surface area (Å²) in [5, 5.41) is 3.01. The number of pyridine rings is 1. The van der Waals surface area contributed by atoms with Crippen LogP contribution in [-0.2, 0) is 5.88 Å². The van der Waals surface area contributed by atoms with E-state index in [4.69, 9.17) is 23.2 Å². The zero-order valence-electron chi connectivity index (χ0n) is 9.36. The predicted molar refractivity (Wildman–Crippen MR) is 73.2 cm³/mol. The van der Waals surface area contributed by atoms with E-state index in [1.807, 2.05) is 6.07 Å². The quantitative estimate of drug-likeness (QED) is 0.688. The van der Waals surface area contributed by atoms with Gasteiger partial charge in [-0.05, 0) is 29.8 Å². The van der Waals surface area contributed by atoms with E-state index in [9.17, 15) is 4.79 Å². The molecule has 0 saturated carbocycles. The molecule has 0 aliphatic carbocycles. The van der Waals surface area contributed by atoms with Crippen molar-refractivity contribution in [3.05, 3.63) is 58.7 Å². The van der Waals surface area contributed by atoms with Gasteiger partial charge in [0.2, 0.25) is 0 Å². The van der Waals surface area contributed by atoms with Crippen molar-refractivity contribution in [1.29, 1.82) is 0 Å². The van der Waals surface area contributed by atoms with Crippen LogP contribution in [0.5, 0.6) is 0 Å². The molecule has 3 nitrogen and oxygen atoms in total. The second-order valence-electron chi connectivity index (χ2n) is 3.63. The SMILES string of the molecule is O=C(Nc1cccc(Cl)n1)c1cccc(CCl)c1. The first-order chi connectivity index (χ1) is 8.69. The summed E-state index contributed by atoms with van der Waals surface area (Å²) in [7, 11) is 0. The van der Waals surface area contributed by atoms with Gasteiger partial charge < -0.3 is 5.32 Å². The summed E-state index contributed by atoms with van der Waals surface area (Å²) in [6.07, 6.45) is 0. The third-order valence-corrected chi connectivity index (χ3v) is 2.82. The number of anilines is 1. The lowest BCUT2D eigenvalue weighted by molar-refractivity contribution is 0.102. The van der Waals surface area contributed by atoms with Crippen molar-refractivity contribution in [3.63, 3.8) is 0 Å². The van der Waals surface area contributed by atoms with Crippen LogP contribution in [0.1, 0.15) is 15.9 Å². The molecule has 0 aliphatic heterocycles. The third-order valence-electron chi connectivity index (χ3n) is 2.30. The number of amides is 1. The summed E-state index contributed by atoms with van der Waals surface area (Å²) < 4.78 is 0. The van der Waals surface area contributed by atoms with E-state index >= 15 is 0 Å². The van der Waals surface area contributed by atoms with Crippen LogP contribution in [-0.4, -0.2) is 10.9 Å². The molecule has 0 fully saturated rings. The molecule has 1 heterocycles. The van der Waals surface area contributed by atoms with Gasteiger partial charge in [-0.1, -0.05) is 29.8 Å². The van der Waals surface area contributed by atoms with Crippen molar-refractivity contribution in [2.45, 2.75) is 5.88 Å². The van der Waals surface area contributed by atoms with Gasteiger partial charge in [0.1, 0.15) is 11.0 Å². The average Bonchev–Trinajstić information content (AvgIpc) is 2.39. The Hall–Kier alpha value is -1.58. The van der Waals surface area contributed by atoms with Crippen molar-refractivity contribution in [2.24, 2.45) is 0 Å². The van der Waals surface area contributed by atoms with E-state index in [-0.39, 0.29) is 5.91 Å². The Labute approximate surface area is 115 Å². The molecule has 0 atom stereocenters. The fourth-order valence-electron chi connectivity index (χ4n) is 1.46. The normalized spacial score (nSPS) is 10.1. The van der Waals surface area contributed by atoms with Crippen molar-refractivity contribution in [2.75, 3.05) is 5.32 Å². The second kappa shape index (κ2) is 5.85. The van der Waals surface area contributed by atoms with E-state index in [1.165, 1.54) is 0 Å². The number of hydrogen-bond donors (Lipinski definition) is 1. The maximum Gasteiger partial charge on any atom is 0.256 e. The largest absolute Gasteiger partial charge is 0.307 e. The van der Waals surface area contributed by atoms with Gasteiger partial charge in [-0.25, -0.2) is 4.98 Å². The van der Waals surface area contributed by atoms with Gasteiger partial charge >= 0.3 is 0 Å². The van der Waals surface area contributed by atoms with Crippen LogP contribution in [0.25, 0.3) is 0 Å². The number of aromatic nitrogens is 1. The van der Waals surface area contributed by atoms with Gasteiger partial charge in [-0.2, -0.15) is 0 Å². The first-order valence-corrected chi connectivity index (χ1v) is 6.19. The van der Waals surface area contributed by atoms with Crippen LogP contribution in [0.2, 0.25) is 5.15 Å². The molecule has 1 amide bonds. The van der Waals surface area contributed by atoms with E-state index in [0.717, 1.165) is 5.56 Å². The summed E-state index contributed by atoms with van der Waals surface area (Å²) in [6, 6.07) is 12.2. The van der Waals surface area contributed by atoms with E-state index in [0.29, 0.717) is 22.4 Å². The minimum atomic E-state index is -0.239. The molecule has 1 aromatic carbocycles. The Balaban J connectivity index is 2.16. The fourth-order valence-corrected chi connectivity index (χ4v) is 1.79. The van der Waals surface area contributed by atoms with Crippen molar-refractivity contribution in [1.82, 2.24) is 4.98 Å². The van der Waals surface area contributed by atoms with Gasteiger partial charge in [0.15, 0.2) is 0 Å². The van der Waals surface area contributed by atoms with E-state index in [2.05, 4.69) is 10.3 Å². The highest BCUT2D eigenvalue weighted by Crippen LogP contribution is 2.12. The number of hydrogen-bond acceptors (Lipinski definition) is 2. The van der Waals surface area contributed by atoms with Gasteiger partial charge in [0, 0.05) is 11.4 Å². The lowest BCUT2D eigenvalue weighted by Crippen LogP contribution is -2.13. The molecule has 0 saturated heterocycles. The number of rotatable bonds is 3. The van der Waals surface area contributed by atoms with Crippen molar-refractivity contribution in [3.8, 4) is 0 Å². The van der Waals surface area contributed by atoms with Crippen LogP contribution in [0.15, 0.2) is 42.5 Å². The number of nitrogens with one attached hydrogen (secondary N) is 1. The summed E-state index contributed by atoms with van der Waals surface area (Å²) >= 11 is 11.5. The zero-order chi connectivity index (χ0) is 13.0. The Morgan fingerprint density at radius 1 is 1.22 bits per heavy atom. The summed E-state index contributed by atoms with van der Waals surface area (Å²) in [5.41, 5.74) is 1.43. The van der Waals surface area contributed by atoms with Gasteiger partial charge in [-0.15, -0.1) is 11.6 Å². The summed E-state index contributed by atoms with van der Waals surface area (Å²) in [4.78, 5) is 15.9. The first-order valence-electron chi connectivity index (χ1n) is 5.28. The van der Waals surface area contributed by atoms with Gasteiger partial charge in [0.25, 0.3) is 5.91 Å². The molecule has 2 aromatic rings. The van der Waals surface area contributed by atoms with Crippen molar-refractivity contribution >= 4 is 34.9 Å². The third kappa shape index (κ3) is 3.22. The lowest BCUT2D eigenvalue weighted by Gasteiger charge is -2.05. The smallest absolute Gasteiger partial charge is 0.256 e. The number of alkyl halides is 1. The maximum absolute atomic E-state index is 12.0. The topological polar surface area (TPSA) is 42.0 Å². The maximum atomic E-state index is 12.0. The molecular formula is C13H10Cl2N2O. The van der Waals surface area contributed by atoms with Gasteiger partial charge in [0.05, 0.1) is 0 Å². The molecule has 0 unspecified atom stereocenters. The van der Waals surface area contributed by atoms with E-state index < -0.39 is 0 Å². The summed E-state index contributed by atoms with van der Waals surface area (Å²) in [6.45, 7) is 0. The number of nitrogens with zero attached hydrogens (tertiary/aromatic N) is 1. The molecule has 1 N–H and O–H groups in total. The molecule has 0 spiro atoms. The molecule has 92 valence electrons. The zero-order valence-corrected chi connectivity index (χ0v) is 10.9. The Kier molecular flexibility index (Phi) is 4.18.